The van der Waals surface area contributed by atoms with Crippen LogP contribution in [0.25, 0.3) is 54.9 Å². The van der Waals surface area contributed by atoms with Crippen LogP contribution in [0.4, 0.5) is 0 Å². The third kappa shape index (κ3) is 2.59. The maximum absolute atomic E-state index is 10.7. The summed E-state index contributed by atoms with van der Waals surface area (Å²) in [7, 11) is 0. The minimum absolute atomic E-state index is 0.149. The molecule has 6 aromatic rings. The summed E-state index contributed by atoms with van der Waals surface area (Å²) in [6.45, 7) is 0. The fraction of sp³-hybridized carbons (Fsp3) is 0. The van der Waals surface area contributed by atoms with Gasteiger partial charge >= 0.3 is 0 Å². The van der Waals surface area contributed by atoms with Crippen LogP contribution in [0.3, 0.4) is 0 Å². The molecule has 30 heavy (non-hydrogen) atoms. The van der Waals surface area contributed by atoms with Gasteiger partial charge in [0.05, 0.1) is 5.56 Å². The van der Waals surface area contributed by atoms with Gasteiger partial charge in [0.15, 0.2) is 5.58 Å². The van der Waals surface area contributed by atoms with Gasteiger partial charge in [-0.05, 0) is 51.9 Å². The molecule has 0 aliphatic rings. The molecule has 0 fully saturated rings. The molecule has 0 saturated heterocycles. The lowest BCUT2D eigenvalue weighted by Crippen LogP contribution is -1.83. The van der Waals surface area contributed by atoms with Gasteiger partial charge in [-0.15, -0.1) is 0 Å². The van der Waals surface area contributed by atoms with Crippen LogP contribution in [0.5, 0.6) is 5.75 Å². The molecule has 1 N–H and O–H groups in total. The first-order valence-corrected chi connectivity index (χ1v) is 11.0. The van der Waals surface area contributed by atoms with Crippen LogP contribution in [0.15, 0.2) is 86.2 Å². The van der Waals surface area contributed by atoms with Crippen molar-refractivity contribution in [3.05, 3.63) is 81.7 Å². The number of rotatable bonds is 1. The highest BCUT2D eigenvalue weighted by Gasteiger charge is 2.20. The second kappa shape index (κ2) is 6.56. The minimum atomic E-state index is 0.149. The molecule has 5 heteroatoms. The number of phenols is 1. The van der Waals surface area contributed by atoms with Gasteiger partial charge in [0.25, 0.3) is 0 Å². The highest BCUT2D eigenvalue weighted by molar-refractivity contribution is 9.10. The quantitative estimate of drug-likeness (QED) is 0.223. The van der Waals surface area contributed by atoms with E-state index in [1.807, 2.05) is 42.5 Å². The highest BCUT2D eigenvalue weighted by Crippen LogP contribution is 2.42. The van der Waals surface area contributed by atoms with E-state index in [-0.39, 0.29) is 5.75 Å². The summed E-state index contributed by atoms with van der Waals surface area (Å²) >= 11 is 7.16. The van der Waals surface area contributed by atoms with Crippen molar-refractivity contribution in [3.8, 4) is 17.2 Å². The number of oxazole rings is 1. The molecule has 0 aliphatic carbocycles. The number of aromatic nitrogens is 1. The largest absolute Gasteiger partial charge is 0.507 e. The van der Waals surface area contributed by atoms with E-state index in [2.05, 4.69) is 56.1 Å². The lowest BCUT2D eigenvalue weighted by atomic mass is 10.0. The smallest absolute Gasteiger partial charge is 0.231 e. The summed E-state index contributed by atoms with van der Waals surface area (Å²) < 4.78 is 8.30. The Labute approximate surface area is 188 Å². The Morgan fingerprint density at radius 1 is 0.700 bits per heavy atom. The molecule has 0 radical (unpaired) electrons. The average molecular weight is 519 g/mol. The van der Waals surface area contributed by atoms with E-state index < -0.39 is 0 Å². The van der Waals surface area contributed by atoms with E-state index >= 15 is 0 Å². The fourth-order valence-corrected chi connectivity index (χ4v) is 4.89. The maximum atomic E-state index is 10.7. The molecule has 0 spiro atoms. The van der Waals surface area contributed by atoms with Crippen LogP contribution >= 0.6 is 31.9 Å². The van der Waals surface area contributed by atoms with E-state index in [0.717, 1.165) is 46.8 Å². The predicted molar refractivity (Wildman–Crippen MR) is 129 cm³/mol. The number of hydrogen-bond acceptors (Lipinski definition) is 3. The topological polar surface area (TPSA) is 46.3 Å². The van der Waals surface area contributed by atoms with E-state index in [1.54, 1.807) is 6.07 Å². The van der Waals surface area contributed by atoms with Crippen molar-refractivity contribution in [3.63, 3.8) is 0 Å². The highest BCUT2D eigenvalue weighted by atomic mass is 79.9. The minimum Gasteiger partial charge on any atom is -0.507 e. The van der Waals surface area contributed by atoms with Crippen LogP contribution in [0.1, 0.15) is 0 Å². The number of halogens is 2. The van der Waals surface area contributed by atoms with Crippen molar-refractivity contribution in [2.24, 2.45) is 0 Å². The Morgan fingerprint density at radius 3 is 2.20 bits per heavy atom. The lowest BCUT2D eigenvalue weighted by molar-refractivity contribution is 0.475. The van der Waals surface area contributed by atoms with Gasteiger partial charge in [0.1, 0.15) is 11.3 Å². The van der Waals surface area contributed by atoms with Crippen LogP contribution < -0.4 is 0 Å². The zero-order valence-electron chi connectivity index (χ0n) is 15.5. The normalized spacial score (nSPS) is 11.8. The Hall–Kier alpha value is -2.89. The molecule has 144 valence electrons. The van der Waals surface area contributed by atoms with Crippen LogP contribution in [0.2, 0.25) is 0 Å². The SMILES string of the molecule is Oc1ccc2ccccc2c1-c1nc2c3cc(Br)ccc3c3ccc(Br)cc3c2o1. The zero-order chi connectivity index (χ0) is 20.4. The Bertz CT molecular complexity index is 1560. The second-order valence-electron chi connectivity index (χ2n) is 7.26. The number of aromatic hydroxyl groups is 1. The molecule has 5 aromatic carbocycles. The van der Waals surface area contributed by atoms with E-state index in [0.29, 0.717) is 17.0 Å². The number of hydrogen-bond donors (Lipinski definition) is 1. The predicted octanol–water partition coefficient (Wildman–Crippen LogP) is 8.19. The second-order valence-corrected chi connectivity index (χ2v) is 9.09. The summed E-state index contributed by atoms with van der Waals surface area (Å²) in [5, 5.41) is 16.8. The summed E-state index contributed by atoms with van der Waals surface area (Å²) in [5.41, 5.74) is 2.09. The van der Waals surface area contributed by atoms with Crippen molar-refractivity contribution in [1.29, 1.82) is 0 Å². The Balaban J connectivity index is 1.81. The molecule has 0 unspecified atom stereocenters. The number of fused-ring (bicyclic) bond motifs is 7. The molecular weight excluding hydrogens is 506 g/mol. The van der Waals surface area contributed by atoms with Crippen LogP contribution in [-0.2, 0) is 0 Å². The maximum Gasteiger partial charge on any atom is 0.231 e. The van der Waals surface area contributed by atoms with Gasteiger partial charge in [-0.2, -0.15) is 0 Å². The fourth-order valence-electron chi connectivity index (χ4n) is 4.16. The standard InChI is InChI=1S/C25H13Br2NO2/c26-14-6-8-17-18-9-7-15(27)12-20(18)24-23(19(17)11-14)28-25(30-24)22-16-4-2-1-3-13(16)5-10-21(22)29/h1-12,29H. The molecule has 0 bridgehead atoms. The molecular formula is C25H13Br2NO2. The van der Waals surface area contributed by atoms with Crippen molar-refractivity contribution >= 4 is 75.3 Å². The Morgan fingerprint density at radius 2 is 1.40 bits per heavy atom. The first-order valence-electron chi connectivity index (χ1n) is 9.42. The molecule has 0 saturated carbocycles. The van der Waals surface area contributed by atoms with Gasteiger partial charge in [-0.25, -0.2) is 4.98 Å². The van der Waals surface area contributed by atoms with Gasteiger partial charge < -0.3 is 9.52 Å². The van der Waals surface area contributed by atoms with Gasteiger partial charge in [0, 0.05) is 19.7 Å². The Kier molecular flexibility index (Phi) is 3.92. The number of phenolic OH excluding ortho intramolecular Hbond substituents is 1. The van der Waals surface area contributed by atoms with Crippen molar-refractivity contribution in [2.45, 2.75) is 0 Å². The zero-order valence-corrected chi connectivity index (χ0v) is 18.7. The molecule has 0 amide bonds. The molecule has 3 nitrogen and oxygen atoms in total. The molecule has 0 aliphatic heterocycles. The summed E-state index contributed by atoms with van der Waals surface area (Å²) in [4.78, 5) is 4.88. The van der Waals surface area contributed by atoms with Gasteiger partial charge in [0.2, 0.25) is 5.89 Å². The first kappa shape index (κ1) is 17.9. The number of nitrogens with zero attached hydrogens (tertiary/aromatic N) is 1. The third-order valence-corrected chi connectivity index (χ3v) is 6.49. The lowest BCUT2D eigenvalue weighted by Gasteiger charge is -2.06. The van der Waals surface area contributed by atoms with Crippen molar-refractivity contribution in [1.82, 2.24) is 4.98 Å². The number of benzene rings is 5. The van der Waals surface area contributed by atoms with E-state index in [9.17, 15) is 5.11 Å². The van der Waals surface area contributed by atoms with Crippen LogP contribution in [0, 0.1) is 0 Å². The monoisotopic (exact) mass is 517 g/mol. The third-order valence-electron chi connectivity index (χ3n) is 5.50. The molecule has 0 atom stereocenters. The van der Waals surface area contributed by atoms with Crippen LogP contribution in [-0.4, -0.2) is 10.1 Å². The summed E-state index contributed by atoms with van der Waals surface area (Å²) in [6.07, 6.45) is 0. The van der Waals surface area contributed by atoms with Crippen molar-refractivity contribution < 1.29 is 9.52 Å². The molecule has 6 rings (SSSR count). The van der Waals surface area contributed by atoms with E-state index in [1.165, 1.54) is 0 Å². The summed E-state index contributed by atoms with van der Waals surface area (Å²) in [6, 6.07) is 23.9. The van der Waals surface area contributed by atoms with Gasteiger partial charge in [-0.1, -0.05) is 74.3 Å². The first-order chi connectivity index (χ1) is 14.6. The van der Waals surface area contributed by atoms with Crippen molar-refractivity contribution in [2.75, 3.05) is 0 Å². The van der Waals surface area contributed by atoms with Gasteiger partial charge in [-0.3, -0.25) is 0 Å². The molecule has 1 heterocycles. The van der Waals surface area contributed by atoms with E-state index in [4.69, 9.17) is 9.40 Å². The average Bonchev–Trinajstić information content (AvgIpc) is 3.19. The molecule has 1 aromatic heterocycles. The summed E-state index contributed by atoms with van der Waals surface area (Å²) in [5.74, 6) is 0.560.